The molecule has 0 aliphatic rings. The van der Waals surface area contributed by atoms with Crippen molar-refractivity contribution in [2.75, 3.05) is 18.4 Å². The van der Waals surface area contributed by atoms with Crippen molar-refractivity contribution in [1.29, 1.82) is 0 Å². The third-order valence-corrected chi connectivity index (χ3v) is 5.65. The molecule has 4 N–H and O–H groups in total. The van der Waals surface area contributed by atoms with Crippen LogP contribution in [-0.2, 0) is 21.2 Å². The van der Waals surface area contributed by atoms with Gasteiger partial charge in [0.2, 0.25) is 15.9 Å². The molecule has 0 aliphatic heterocycles. The highest BCUT2D eigenvalue weighted by Gasteiger charge is 2.14. The maximum Gasteiger partial charge on any atom is 0.240 e. The molecular formula is C16H22N4O3S2. The molecule has 1 amide bonds. The molecule has 0 spiro atoms. The van der Waals surface area contributed by atoms with Crippen LogP contribution in [0.2, 0.25) is 0 Å². The Hall–Kier alpha value is -1.81. The first-order valence-electron chi connectivity index (χ1n) is 7.91. The van der Waals surface area contributed by atoms with Gasteiger partial charge in [0, 0.05) is 30.6 Å². The lowest BCUT2D eigenvalue weighted by Crippen LogP contribution is -2.29. The van der Waals surface area contributed by atoms with Gasteiger partial charge in [-0.2, -0.15) is 0 Å². The Labute approximate surface area is 151 Å². The second-order valence-corrected chi connectivity index (χ2v) is 8.30. The highest BCUT2D eigenvalue weighted by molar-refractivity contribution is 7.89. The van der Waals surface area contributed by atoms with Gasteiger partial charge in [-0.25, -0.2) is 18.1 Å². The number of nitrogens with one attached hydrogen (secondary N) is 2. The zero-order chi connectivity index (χ0) is 18.3. The van der Waals surface area contributed by atoms with Crippen LogP contribution in [0.15, 0.2) is 34.5 Å². The SMILES string of the molecule is Cc1nc(CCCC(=O)Nc2cccc(S(=O)(=O)NCCN)c2)cs1. The number of aryl methyl sites for hydroxylation is 2. The van der Waals surface area contributed by atoms with Crippen LogP contribution in [0.4, 0.5) is 5.69 Å². The molecule has 2 aromatic rings. The first kappa shape index (κ1) is 19.5. The molecule has 1 heterocycles. The topological polar surface area (TPSA) is 114 Å². The van der Waals surface area contributed by atoms with E-state index in [1.807, 2.05) is 12.3 Å². The van der Waals surface area contributed by atoms with Gasteiger partial charge in [-0.1, -0.05) is 6.07 Å². The first-order chi connectivity index (χ1) is 11.9. The fraction of sp³-hybridized carbons (Fsp3) is 0.375. The van der Waals surface area contributed by atoms with Gasteiger partial charge in [0.05, 0.1) is 15.6 Å². The van der Waals surface area contributed by atoms with Crippen molar-refractivity contribution in [1.82, 2.24) is 9.71 Å². The Balaban J connectivity index is 1.89. The van der Waals surface area contributed by atoms with Gasteiger partial charge in [0.25, 0.3) is 0 Å². The number of carbonyl (C=O) groups is 1. The van der Waals surface area contributed by atoms with E-state index in [2.05, 4.69) is 15.0 Å². The fourth-order valence-corrected chi connectivity index (χ4v) is 3.93. The van der Waals surface area contributed by atoms with Gasteiger partial charge in [-0.3, -0.25) is 4.79 Å². The molecule has 136 valence electrons. The third kappa shape index (κ3) is 6.20. The lowest BCUT2D eigenvalue weighted by atomic mass is 10.2. The summed E-state index contributed by atoms with van der Waals surface area (Å²) in [6, 6.07) is 6.15. The summed E-state index contributed by atoms with van der Waals surface area (Å²) in [5.41, 5.74) is 6.76. The molecule has 0 unspecified atom stereocenters. The molecule has 9 heteroatoms. The minimum absolute atomic E-state index is 0.0942. The average molecular weight is 383 g/mol. The summed E-state index contributed by atoms with van der Waals surface area (Å²) in [6.45, 7) is 2.33. The second kappa shape index (κ2) is 9.04. The smallest absolute Gasteiger partial charge is 0.240 e. The Morgan fingerprint density at radius 1 is 1.36 bits per heavy atom. The molecule has 0 saturated heterocycles. The number of thiazole rings is 1. The first-order valence-corrected chi connectivity index (χ1v) is 10.3. The number of nitrogens with zero attached hydrogens (tertiary/aromatic N) is 1. The summed E-state index contributed by atoms with van der Waals surface area (Å²) >= 11 is 1.59. The highest BCUT2D eigenvalue weighted by atomic mass is 32.2. The van der Waals surface area contributed by atoms with Crippen molar-refractivity contribution in [3.63, 3.8) is 0 Å². The number of rotatable bonds is 9. The molecule has 1 aromatic heterocycles. The highest BCUT2D eigenvalue weighted by Crippen LogP contribution is 2.16. The molecule has 25 heavy (non-hydrogen) atoms. The van der Waals surface area contributed by atoms with Crippen LogP contribution in [0, 0.1) is 6.92 Å². The number of nitrogens with two attached hydrogens (primary N) is 1. The van der Waals surface area contributed by atoms with Crippen LogP contribution >= 0.6 is 11.3 Å². The number of amides is 1. The molecule has 7 nitrogen and oxygen atoms in total. The number of anilines is 1. The van der Waals surface area contributed by atoms with Gasteiger partial charge in [-0.05, 0) is 38.0 Å². The summed E-state index contributed by atoms with van der Waals surface area (Å²) in [5, 5.41) is 5.74. The number of benzene rings is 1. The quantitative estimate of drug-likeness (QED) is 0.610. The Morgan fingerprint density at radius 2 is 2.16 bits per heavy atom. The van der Waals surface area contributed by atoms with Gasteiger partial charge in [0.15, 0.2) is 0 Å². The van der Waals surface area contributed by atoms with Crippen molar-refractivity contribution in [3.8, 4) is 0 Å². The van der Waals surface area contributed by atoms with Crippen LogP contribution in [0.25, 0.3) is 0 Å². The van der Waals surface area contributed by atoms with Crippen LogP contribution in [0.1, 0.15) is 23.5 Å². The fourth-order valence-electron chi connectivity index (χ4n) is 2.19. The van der Waals surface area contributed by atoms with Gasteiger partial charge >= 0.3 is 0 Å². The number of hydrogen-bond acceptors (Lipinski definition) is 6. The monoisotopic (exact) mass is 382 g/mol. The lowest BCUT2D eigenvalue weighted by molar-refractivity contribution is -0.116. The van der Waals surface area contributed by atoms with Gasteiger partial charge < -0.3 is 11.1 Å². The van der Waals surface area contributed by atoms with E-state index in [1.165, 1.54) is 12.1 Å². The maximum atomic E-state index is 12.1. The van der Waals surface area contributed by atoms with Gasteiger partial charge in [-0.15, -0.1) is 11.3 Å². The van der Waals surface area contributed by atoms with E-state index >= 15 is 0 Å². The molecule has 0 fully saturated rings. The van der Waals surface area contributed by atoms with Crippen molar-refractivity contribution in [2.45, 2.75) is 31.1 Å². The van der Waals surface area contributed by atoms with E-state index in [4.69, 9.17) is 5.73 Å². The van der Waals surface area contributed by atoms with Crippen LogP contribution < -0.4 is 15.8 Å². The van der Waals surface area contributed by atoms with E-state index < -0.39 is 10.0 Å². The maximum absolute atomic E-state index is 12.1. The molecule has 1 aromatic carbocycles. The van der Waals surface area contributed by atoms with E-state index in [1.54, 1.807) is 23.5 Å². The van der Waals surface area contributed by atoms with E-state index in [0.717, 1.165) is 17.1 Å². The standard InChI is InChI=1S/C16H22N4O3S2/c1-12-19-14(11-24-12)5-3-7-16(21)20-13-4-2-6-15(10-13)25(22,23)18-9-8-17/h2,4,6,10-11,18H,3,5,7-9,17H2,1H3,(H,20,21). The number of hydrogen-bond donors (Lipinski definition) is 3. The summed E-state index contributed by atoms with van der Waals surface area (Å²) in [7, 11) is -3.62. The summed E-state index contributed by atoms with van der Waals surface area (Å²) in [6.07, 6.45) is 1.78. The van der Waals surface area contributed by atoms with Crippen LogP contribution in [0.3, 0.4) is 0 Å². The molecule has 0 bridgehead atoms. The average Bonchev–Trinajstić information content (AvgIpc) is 2.98. The zero-order valence-electron chi connectivity index (χ0n) is 14.0. The number of sulfonamides is 1. The van der Waals surface area contributed by atoms with Crippen molar-refractivity contribution in [2.24, 2.45) is 5.73 Å². The molecule has 0 saturated carbocycles. The minimum atomic E-state index is -3.62. The van der Waals surface area contributed by atoms with Crippen molar-refractivity contribution >= 4 is 33.0 Å². The van der Waals surface area contributed by atoms with Gasteiger partial charge in [0.1, 0.15) is 0 Å². The lowest BCUT2D eigenvalue weighted by Gasteiger charge is -2.09. The largest absolute Gasteiger partial charge is 0.329 e. The van der Waals surface area contributed by atoms with Crippen molar-refractivity contribution < 1.29 is 13.2 Å². The molecule has 0 radical (unpaired) electrons. The minimum Gasteiger partial charge on any atom is -0.329 e. The Bertz CT molecular complexity index is 818. The predicted octanol–water partition coefficient (Wildman–Crippen LogP) is 1.65. The molecular weight excluding hydrogens is 360 g/mol. The number of carbonyl (C=O) groups excluding carboxylic acids is 1. The van der Waals surface area contributed by atoms with Crippen molar-refractivity contribution in [3.05, 3.63) is 40.3 Å². The Kier molecular flexibility index (Phi) is 7.06. The zero-order valence-corrected chi connectivity index (χ0v) is 15.6. The molecule has 0 atom stereocenters. The van der Waals surface area contributed by atoms with Crippen LogP contribution in [-0.4, -0.2) is 32.4 Å². The summed E-state index contributed by atoms with van der Waals surface area (Å²) in [5.74, 6) is -0.156. The number of aromatic nitrogens is 1. The normalized spacial score (nSPS) is 11.4. The van der Waals surface area contributed by atoms with E-state index in [0.29, 0.717) is 18.5 Å². The molecule has 2 rings (SSSR count). The van der Waals surface area contributed by atoms with E-state index in [9.17, 15) is 13.2 Å². The third-order valence-electron chi connectivity index (χ3n) is 3.37. The Morgan fingerprint density at radius 3 is 2.84 bits per heavy atom. The summed E-state index contributed by atoms with van der Waals surface area (Å²) in [4.78, 5) is 16.5. The van der Waals surface area contributed by atoms with E-state index in [-0.39, 0.29) is 23.9 Å². The summed E-state index contributed by atoms with van der Waals surface area (Å²) < 4.78 is 26.5. The second-order valence-electron chi connectivity index (χ2n) is 5.47. The predicted molar refractivity (Wildman–Crippen MR) is 99.1 cm³/mol. The molecule has 0 aliphatic carbocycles. The van der Waals surface area contributed by atoms with Crippen LogP contribution in [0.5, 0.6) is 0 Å².